The lowest BCUT2D eigenvalue weighted by molar-refractivity contribution is 0.0603. The Morgan fingerprint density at radius 2 is 1.96 bits per heavy atom. The van der Waals surface area contributed by atoms with E-state index in [2.05, 4.69) is 15.0 Å². The maximum atomic E-state index is 13.0. The highest BCUT2D eigenvalue weighted by molar-refractivity contribution is 7.85. The Labute approximate surface area is 146 Å². The third kappa shape index (κ3) is 3.08. The zero-order valence-electron chi connectivity index (χ0n) is 13.8. The molecule has 8 heteroatoms. The van der Waals surface area contributed by atoms with Gasteiger partial charge in [0.15, 0.2) is 0 Å². The molecule has 3 aromatic rings. The van der Waals surface area contributed by atoms with Crippen LogP contribution in [0.4, 0.5) is 0 Å². The zero-order valence-corrected chi connectivity index (χ0v) is 14.7. The van der Waals surface area contributed by atoms with Gasteiger partial charge in [-0.05, 0) is 25.1 Å². The second-order valence-electron chi connectivity index (χ2n) is 5.12. The minimum atomic E-state index is -1.68. The van der Waals surface area contributed by atoms with Crippen molar-refractivity contribution in [2.75, 3.05) is 14.2 Å². The number of fused-ring (bicyclic) bond motifs is 1. The summed E-state index contributed by atoms with van der Waals surface area (Å²) >= 11 is 0. The first kappa shape index (κ1) is 17.0. The number of aryl methyl sites for hydroxylation is 1. The molecular formula is C17H15N3O4S. The van der Waals surface area contributed by atoms with Crippen molar-refractivity contribution in [3.8, 4) is 5.88 Å². The Kier molecular flexibility index (Phi) is 4.71. The van der Waals surface area contributed by atoms with Crippen molar-refractivity contribution in [1.82, 2.24) is 15.0 Å². The van der Waals surface area contributed by atoms with E-state index in [4.69, 9.17) is 9.47 Å². The molecule has 2 heterocycles. The number of pyridine rings is 1. The van der Waals surface area contributed by atoms with Crippen LogP contribution in [-0.2, 0) is 15.5 Å². The first-order valence-corrected chi connectivity index (χ1v) is 8.47. The van der Waals surface area contributed by atoms with Gasteiger partial charge in [0, 0.05) is 23.3 Å². The molecular weight excluding hydrogens is 342 g/mol. The quantitative estimate of drug-likeness (QED) is 0.522. The largest absolute Gasteiger partial charge is 0.481 e. The number of ether oxygens (including phenoxy) is 2. The van der Waals surface area contributed by atoms with E-state index in [1.165, 1.54) is 14.2 Å². The average molecular weight is 357 g/mol. The molecule has 1 aromatic carbocycles. The van der Waals surface area contributed by atoms with E-state index in [9.17, 15) is 9.00 Å². The van der Waals surface area contributed by atoms with Gasteiger partial charge in [-0.2, -0.15) is 4.98 Å². The van der Waals surface area contributed by atoms with Crippen LogP contribution in [0.3, 0.4) is 0 Å². The first-order chi connectivity index (χ1) is 12.1. The summed E-state index contributed by atoms with van der Waals surface area (Å²) < 4.78 is 22.9. The number of hydrogen-bond acceptors (Lipinski definition) is 7. The van der Waals surface area contributed by atoms with Gasteiger partial charge in [-0.1, -0.05) is 6.07 Å². The fraction of sp³-hybridized carbons (Fsp3) is 0.176. The summed E-state index contributed by atoms with van der Waals surface area (Å²) in [5, 5.41) is 0.666. The van der Waals surface area contributed by atoms with Crippen LogP contribution in [-0.4, -0.2) is 39.3 Å². The number of rotatable bonds is 4. The Hall–Kier alpha value is -2.87. The number of benzene rings is 1. The van der Waals surface area contributed by atoms with Crippen LogP contribution in [0.2, 0.25) is 0 Å². The van der Waals surface area contributed by atoms with Gasteiger partial charge in [-0.15, -0.1) is 0 Å². The minimum absolute atomic E-state index is 0.111. The highest BCUT2D eigenvalue weighted by Crippen LogP contribution is 2.26. The summed E-state index contributed by atoms with van der Waals surface area (Å²) in [4.78, 5) is 24.9. The number of methoxy groups -OCH3 is 2. The third-order valence-corrected chi connectivity index (χ3v) is 4.86. The van der Waals surface area contributed by atoms with Gasteiger partial charge in [0.25, 0.3) is 0 Å². The van der Waals surface area contributed by atoms with Gasteiger partial charge >= 0.3 is 5.97 Å². The predicted octanol–water partition coefficient (Wildman–Crippen LogP) is 2.30. The Balaban J connectivity index is 2.16. The molecule has 0 radical (unpaired) electrons. The summed E-state index contributed by atoms with van der Waals surface area (Å²) in [6.45, 7) is 1.80. The smallest absolute Gasteiger partial charge is 0.338 e. The fourth-order valence-electron chi connectivity index (χ4n) is 2.39. The third-order valence-electron chi connectivity index (χ3n) is 3.60. The van der Waals surface area contributed by atoms with Gasteiger partial charge in [-0.3, -0.25) is 4.98 Å². The molecule has 0 saturated heterocycles. The lowest BCUT2D eigenvalue weighted by Crippen LogP contribution is -2.06. The topological polar surface area (TPSA) is 91.3 Å². The summed E-state index contributed by atoms with van der Waals surface area (Å²) in [6, 6.07) is 6.57. The van der Waals surface area contributed by atoms with E-state index in [1.807, 2.05) is 0 Å². The molecule has 0 amide bonds. The molecule has 0 aliphatic rings. The fourth-order valence-corrected chi connectivity index (χ4v) is 3.43. The maximum absolute atomic E-state index is 13.0. The van der Waals surface area contributed by atoms with Gasteiger partial charge in [0.1, 0.15) is 10.8 Å². The van der Waals surface area contributed by atoms with Crippen molar-refractivity contribution in [3.05, 3.63) is 47.8 Å². The molecule has 0 spiro atoms. The van der Waals surface area contributed by atoms with E-state index < -0.39 is 16.8 Å². The molecule has 0 bridgehead atoms. The average Bonchev–Trinajstić information content (AvgIpc) is 2.66. The van der Waals surface area contributed by atoms with E-state index in [-0.39, 0.29) is 5.16 Å². The summed E-state index contributed by atoms with van der Waals surface area (Å²) in [5.41, 5.74) is 1.54. The Morgan fingerprint density at radius 3 is 2.68 bits per heavy atom. The second-order valence-corrected chi connectivity index (χ2v) is 6.46. The Bertz CT molecular complexity index is 991. The van der Waals surface area contributed by atoms with Crippen LogP contribution in [0, 0.1) is 6.92 Å². The molecule has 25 heavy (non-hydrogen) atoms. The highest BCUT2D eigenvalue weighted by Gasteiger charge is 2.20. The predicted molar refractivity (Wildman–Crippen MR) is 91.1 cm³/mol. The summed E-state index contributed by atoms with van der Waals surface area (Å²) in [5.74, 6) is -0.120. The zero-order chi connectivity index (χ0) is 18.0. The molecule has 0 unspecified atom stereocenters. The van der Waals surface area contributed by atoms with Crippen LogP contribution < -0.4 is 4.74 Å². The van der Waals surface area contributed by atoms with Crippen molar-refractivity contribution >= 4 is 27.7 Å². The normalized spacial score (nSPS) is 12.0. The van der Waals surface area contributed by atoms with E-state index in [0.717, 1.165) is 5.56 Å². The van der Waals surface area contributed by atoms with Crippen LogP contribution >= 0.6 is 0 Å². The van der Waals surface area contributed by atoms with Gasteiger partial charge in [0.05, 0.1) is 30.2 Å². The van der Waals surface area contributed by atoms with Crippen molar-refractivity contribution < 1.29 is 18.5 Å². The van der Waals surface area contributed by atoms with E-state index in [0.29, 0.717) is 27.2 Å². The highest BCUT2D eigenvalue weighted by atomic mass is 32.2. The molecule has 0 saturated carbocycles. The first-order valence-electron chi connectivity index (χ1n) is 7.32. The maximum Gasteiger partial charge on any atom is 0.338 e. The van der Waals surface area contributed by atoms with Crippen LogP contribution in [0.5, 0.6) is 5.88 Å². The molecule has 3 rings (SSSR count). The lowest BCUT2D eigenvalue weighted by Gasteiger charge is -2.09. The van der Waals surface area contributed by atoms with Gasteiger partial charge < -0.3 is 9.47 Å². The van der Waals surface area contributed by atoms with Crippen LogP contribution in [0.25, 0.3) is 10.9 Å². The number of carbonyl (C=O) groups excluding carboxylic acids is 1. The molecule has 0 N–H and O–H groups in total. The standard InChI is InChI=1S/C17H15N3O4S/c1-10-9-19-17(20-15(10)23-2)25(22)13-7-6-12(16(21)24-3)11-5-4-8-18-14(11)13/h4-9H,1-3H3/t25-/m0/s1. The van der Waals surface area contributed by atoms with Crippen molar-refractivity contribution in [2.24, 2.45) is 0 Å². The van der Waals surface area contributed by atoms with Gasteiger partial charge in [0.2, 0.25) is 11.0 Å². The van der Waals surface area contributed by atoms with Crippen LogP contribution in [0.1, 0.15) is 15.9 Å². The number of hydrogen-bond donors (Lipinski definition) is 0. The second kappa shape index (κ2) is 6.94. The van der Waals surface area contributed by atoms with Crippen molar-refractivity contribution in [2.45, 2.75) is 17.0 Å². The molecule has 128 valence electrons. The van der Waals surface area contributed by atoms with Crippen LogP contribution in [0.15, 0.2) is 46.7 Å². The summed E-state index contributed by atoms with van der Waals surface area (Å²) in [7, 11) is 1.12. The minimum Gasteiger partial charge on any atom is -0.481 e. The number of esters is 1. The van der Waals surface area contributed by atoms with Crippen molar-refractivity contribution in [1.29, 1.82) is 0 Å². The van der Waals surface area contributed by atoms with Crippen molar-refractivity contribution in [3.63, 3.8) is 0 Å². The molecule has 0 fully saturated rings. The Morgan fingerprint density at radius 1 is 1.16 bits per heavy atom. The van der Waals surface area contributed by atoms with Gasteiger partial charge in [-0.25, -0.2) is 14.0 Å². The number of carbonyl (C=O) groups is 1. The molecule has 0 aliphatic carbocycles. The van der Waals surface area contributed by atoms with E-state index in [1.54, 1.807) is 43.6 Å². The number of aromatic nitrogens is 3. The number of nitrogens with zero attached hydrogens (tertiary/aromatic N) is 3. The summed E-state index contributed by atoms with van der Waals surface area (Å²) in [6.07, 6.45) is 3.12. The van der Waals surface area contributed by atoms with E-state index >= 15 is 0 Å². The molecule has 0 aliphatic heterocycles. The SMILES string of the molecule is COC(=O)c1ccc([S@](=O)c2ncc(C)c(OC)n2)c2ncccc12. The molecule has 7 nitrogen and oxygen atoms in total. The molecule has 1 atom stereocenters. The monoisotopic (exact) mass is 357 g/mol. The lowest BCUT2D eigenvalue weighted by atomic mass is 10.1. The molecule has 2 aromatic heterocycles.